The van der Waals surface area contributed by atoms with Crippen LogP contribution in [0.4, 0.5) is 0 Å². The lowest BCUT2D eigenvalue weighted by Crippen LogP contribution is -1.83. The molecule has 0 atom stereocenters. The van der Waals surface area contributed by atoms with Crippen LogP contribution in [-0.2, 0) is 4.79 Å². The van der Waals surface area contributed by atoms with Crippen molar-refractivity contribution in [3.63, 3.8) is 0 Å². The molecule has 0 spiro atoms. The molecule has 0 fully saturated rings. The molecule has 0 aliphatic heterocycles. The highest BCUT2D eigenvalue weighted by molar-refractivity contribution is 5.77. The lowest BCUT2D eigenvalue weighted by atomic mass is 10.2. The Labute approximate surface area is 56.1 Å². The first-order chi connectivity index (χ1) is 4.13. The second kappa shape index (κ2) is 4.07. The molecule has 0 radical (unpaired) electrons. The minimum atomic E-state index is 0.188. The monoisotopic (exact) mass is 124 g/mol. The van der Waals surface area contributed by atoms with Crippen molar-refractivity contribution >= 4 is 5.78 Å². The predicted octanol–water partition coefficient (Wildman–Crippen LogP) is 2.10. The fraction of sp³-hybridized carbons (Fsp3) is 0.375. The van der Waals surface area contributed by atoms with Gasteiger partial charge in [0, 0.05) is 6.42 Å². The second-order valence-electron chi connectivity index (χ2n) is 2.15. The van der Waals surface area contributed by atoms with Gasteiger partial charge in [-0.15, -0.1) is 0 Å². The van der Waals surface area contributed by atoms with Gasteiger partial charge in [0.05, 0.1) is 0 Å². The van der Waals surface area contributed by atoms with Gasteiger partial charge in [0.15, 0.2) is 0 Å². The first kappa shape index (κ1) is 8.15. The molecule has 0 N–H and O–H groups in total. The summed E-state index contributed by atoms with van der Waals surface area (Å²) in [6, 6.07) is 0. The van der Waals surface area contributed by atoms with E-state index in [1.165, 1.54) is 0 Å². The number of ketones is 1. The number of hydrogen-bond acceptors (Lipinski definition) is 1. The third-order valence-electron chi connectivity index (χ3n) is 0.808. The molecule has 1 nitrogen and oxygen atoms in total. The molecule has 0 aliphatic rings. The van der Waals surface area contributed by atoms with Crippen molar-refractivity contribution in [3.8, 4) is 0 Å². The summed E-state index contributed by atoms with van der Waals surface area (Å²) in [6.07, 6.45) is 4.19. The largest absolute Gasteiger partial charge is 0.300 e. The van der Waals surface area contributed by atoms with Gasteiger partial charge in [-0.05, 0) is 13.8 Å². The molecule has 0 aromatic carbocycles. The zero-order chi connectivity index (χ0) is 7.28. The quantitative estimate of drug-likeness (QED) is 0.526. The normalized spacial score (nSPS) is 10.0. The SMILES string of the molecule is C=C(C)C=CCC(C)=O. The van der Waals surface area contributed by atoms with Gasteiger partial charge in [0.2, 0.25) is 0 Å². The van der Waals surface area contributed by atoms with Gasteiger partial charge < -0.3 is 0 Å². The highest BCUT2D eigenvalue weighted by Crippen LogP contribution is 1.91. The number of hydrogen-bond donors (Lipinski definition) is 0. The average Bonchev–Trinajstić information content (AvgIpc) is 1.63. The Bertz CT molecular complexity index is 143. The smallest absolute Gasteiger partial charge is 0.133 e. The van der Waals surface area contributed by atoms with Crippen LogP contribution < -0.4 is 0 Å². The van der Waals surface area contributed by atoms with Gasteiger partial charge in [-0.2, -0.15) is 0 Å². The first-order valence-corrected chi connectivity index (χ1v) is 2.94. The predicted molar refractivity (Wildman–Crippen MR) is 39.3 cm³/mol. The van der Waals surface area contributed by atoms with Crippen LogP contribution in [0.25, 0.3) is 0 Å². The topological polar surface area (TPSA) is 17.1 Å². The Morgan fingerprint density at radius 1 is 1.56 bits per heavy atom. The van der Waals surface area contributed by atoms with Crippen molar-refractivity contribution in [2.45, 2.75) is 20.3 Å². The van der Waals surface area contributed by atoms with Gasteiger partial charge in [-0.1, -0.05) is 24.3 Å². The van der Waals surface area contributed by atoms with Crippen LogP contribution in [0.2, 0.25) is 0 Å². The molecule has 0 bridgehead atoms. The van der Waals surface area contributed by atoms with Crippen LogP contribution >= 0.6 is 0 Å². The highest BCUT2D eigenvalue weighted by Gasteiger charge is 1.83. The maximum Gasteiger partial charge on any atom is 0.133 e. The molecule has 0 unspecified atom stereocenters. The van der Waals surface area contributed by atoms with Gasteiger partial charge >= 0.3 is 0 Å². The Kier molecular flexibility index (Phi) is 3.69. The highest BCUT2D eigenvalue weighted by atomic mass is 16.1. The van der Waals surface area contributed by atoms with Gasteiger partial charge in [-0.3, -0.25) is 4.79 Å². The van der Waals surface area contributed by atoms with Crippen LogP contribution in [-0.4, -0.2) is 5.78 Å². The lowest BCUT2D eigenvalue weighted by Gasteiger charge is -1.84. The first-order valence-electron chi connectivity index (χ1n) is 2.94. The van der Waals surface area contributed by atoms with Crippen molar-refractivity contribution < 1.29 is 4.79 Å². The number of allylic oxidation sites excluding steroid dienone is 3. The summed E-state index contributed by atoms with van der Waals surface area (Å²) in [5.41, 5.74) is 0.983. The van der Waals surface area contributed by atoms with E-state index in [-0.39, 0.29) is 5.78 Å². The fourth-order valence-electron chi connectivity index (χ4n) is 0.426. The third kappa shape index (κ3) is 7.15. The summed E-state index contributed by atoms with van der Waals surface area (Å²) in [4.78, 5) is 10.3. The summed E-state index contributed by atoms with van der Waals surface area (Å²) in [6.45, 7) is 7.13. The summed E-state index contributed by atoms with van der Waals surface area (Å²) < 4.78 is 0. The Morgan fingerprint density at radius 2 is 2.11 bits per heavy atom. The van der Waals surface area contributed by atoms with Crippen LogP contribution in [0, 0.1) is 0 Å². The lowest BCUT2D eigenvalue weighted by molar-refractivity contribution is -0.116. The summed E-state index contributed by atoms with van der Waals surface area (Å²) in [5, 5.41) is 0. The molecular weight excluding hydrogens is 112 g/mol. The number of carbonyl (C=O) groups excluding carboxylic acids is 1. The molecule has 0 saturated carbocycles. The molecular formula is C8H12O. The van der Waals surface area contributed by atoms with Gasteiger partial charge in [-0.25, -0.2) is 0 Å². The van der Waals surface area contributed by atoms with Crippen molar-refractivity contribution in [1.82, 2.24) is 0 Å². The summed E-state index contributed by atoms with van der Waals surface area (Å²) >= 11 is 0. The van der Waals surface area contributed by atoms with E-state index < -0.39 is 0 Å². The summed E-state index contributed by atoms with van der Waals surface area (Å²) in [7, 11) is 0. The molecule has 9 heavy (non-hydrogen) atoms. The van der Waals surface area contributed by atoms with E-state index in [9.17, 15) is 4.79 Å². The molecule has 0 rings (SSSR count). The third-order valence-corrected chi connectivity index (χ3v) is 0.808. The maximum atomic E-state index is 10.3. The van der Waals surface area contributed by atoms with Crippen molar-refractivity contribution in [2.24, 2.45) is 0 Å². The number of carbonyl (C=O) groups is 1. The van der Waals surface area contributed by atoms with Crippen LogP contribution in [0.3, 0.4) is 0 Å². The molecule has 0 aliphatic carbocycles. The Morgan fingerprint density at radius 3 is 2.44 bits per heavy atom. The van der Waals surface area contributed by atoms with Gasteiger partial charge in [0.25, 0.3) is 0 Å². The molecule has 0 aromatic rings. The van der Waals surface area contributed by atoms with Crippen LogP contribution in [0.5, 0.6) is 0 Å². The average molecular weight is 124 g/mol. The summed E-state index contributed by atoms with van der Waals surface area (Å²) in [5.74, 6) is 0.188. The van der Waals surface area contributed by atoms with E-state index in [1.54, 1.807) is 6.92 Å². The van der Waals surface area contributed by atoms with E-state index in [2.05, 4.69) is 6.58 Å². The standard InChI is InChI=1S/C8H12O/c1-7(2)5-4-6-8(3)9/h4-5H,1,6H2,2-3H3. The van der Waals surface area contributed by atoms with E-state index in [1.807, 2.05) is 19.1 Å². The second-order valence-corrected chi connectivity index (χ2v) is 2.15. The Balaban J connectivity index is 3.48. The number of Topliss-reactive ketones (excluding diaryl/α,β-unsaturated/α-hetero) is 1. The fourth-order valence-corrected chi connectivity index (χ4v) is 0.426. The zero-order valence-corrected chi connectivity index (χ0v) is 5.98. The van der Waals surface area contributed by atoms with Crippen LogP contribution in [0.15, 0.2) is 24.3 Å². The van der Waals surface area contributed by atoms with E-state index in [0.29, 0.717) is 6.42 Å². The molecule has 0 aromatic heterocycles. The minimum absolute atomic E-state index is 0.188. The molecule has 0 heterocycles. The van der Waals surface area contributed by atoms with E-state index >= 15 is 0 Å². The van der Waals surface area contributed by atoms with E-state index in [4.69, 9.17) is 0 Å². The molecule has 0 amide bonds. The molecule has 1 heteroatoms. The molecule has 0 saturated heterocycles. The van der Waals surface area contributed by atoms with E-state index in [0.717, 1.165) is 5.57 Å². The number of rotatable bonds is 3. The minimum Gasteiger partial charge on any atom is -0.300 e. The van der Waals surface area contributed by atoms with Crippen molar-refractivity contribution in [3.05, 3.63) is 24.3 Å². The zero-order valence-electron chi connectivity index (χ0n) is 5.98. The van der Waals surface area contributed by atoms with Crippen molar-refractivity contribution in [2.75, 3.05) is 0 Å². The molecule has 50 valence electrons. The van der Waals surface area contributed by atoms with Crippen LogP contribution in [0.1, 0.15) is 20.3 Å². The Hall–Kier alpha value is -0.850. The van der Waals surface area contributed by atoms with Crippen molar-refractivity contribution in [1.29, 1.82) is 0 Å². The maximum absolute atomic E-state index is 10.3. The van der Waals surface area contributed by atoms with Gasteiger partial charge in [0.1, 0.15) is 5.78 Å².